The fourth-order valence-electron chi connectivity index (χ4n) is 1.74. The zero-order valence-electron chi connectivity index (χ0n) is 11.3. The summed E-state index contributed by atoms with van der Waals surface area (Å²) in [5.41, 5.74) is 1.50. The van der Waals surface area contributed by atoms with Crippen LogP contribution in [0.5, 0.6) is 5.88 Å². The largest absolute Gasteiger partial charge is 0.480 e. The number of pyridine rings is 2. The van der Waals surface area contributed by atoms with Crippen LogP contribution in [-0.2, 0) is 0 Å². The van der Waals surface area contributed by atoms with Crippen molar-refractivity contribution < 1.29 is 9.53 Å². The predicted molar refractivity (Wildman–Crippen MR) is 75.6 cm³/mol. The lowest BCUT2D eigenvalue weighted by atomic mass is 10.1. The Bertz CT molecular complexity index is 574. The molecule has 1 atom stereocenters. The summed E-state index contributed by atoms with van der Waals surface area (Å²) in [4.78, 5) is 19.9. The molecular formula is C14H16N4O2. The number of rotatable bonds is 4. The monoisotopic (exact) mass is 272 g/mol. The molecule has 2 rings (SSSR count). The summed E-state index contributed by atoms with van der Waals surface area (Å²) in [6.45, 7) is 1.90. The first-order valence-electron chi connectivity index (χ1n) is 6.17. The summed E-state index contributed by atoms with van der Waals surface area (Å²) in [7, 11) is 1.50. The van der Waals surface area contributed by atoms with Crippen molar-refractivity contribution in [2.24, 2.45) is 0 Å². The van der Waals surface area contributed by atoms with E-state index in [9.17, 15) is 4.79 Å². The SMILES string of the molecule is COc1ncccc1NC(=O)NC(C)c1ccncc1. The Morgan fingerprint density at radius 1 is 1.25 bits per heavy atom. The first kappa shape index (κ1) is 13.8. The highest BCUT2D eigenvalue weighted by Crippen LogP contribution is 2.20. The van der Waals surface area contributed by atoms with Crippen molar-refractivity contribution in [3.8, 4) is 5.88 Å². The quantitative estimate of drug-likeness (QED) is 0.895. The van der Waals surface area contributed by atoms with Crippen LogP contribution in [0, 0.1) is 0 Å². The van der Waals surface area contributed by atoms with E-state index in [1.54, 1.807) is 30.7 Å². The smallest absolute Gasteiger partial charge is 0.319 e. The second-order valence-corrected chi connectivity index (χ2v) is 4.16. The second-order valence-electron chi connectivity index (χ2n) is 4.16. The fourth-order valence-corrected chi connectivity index (χ4v) is 1.74. The van der Waals surface area contributed by atoms with Crippen molar-refractivity contribution in [3.05, 3.63) is 48.4 Å². The Hall–Kier alpha value is -2.63. The molecule has 0 radical (unpaired) electrons. The number of hydrogen-bond acceptors (Lipinski definition) is 4. The summed E-state index contributed by atoms with van der Waals surface area (Å²) in [6.07, 6.45) is 4.98. The Labute approximate surface area is 117 Å². The van der Waals surface area contributed by atoms with Crippen molar-refractivity contribution in [1.29, 1.82) is 0 Å². The van der Waals surface area contributed by atoms with E-state index >= 15 is 0 Å². The van der Waals surface area contributed by atoms with E-state index in [0.717, 1.165) is 5.56 Å². The van der Waals surface area contributed by atoms with Crippen LogP contribution >= 0.6 is 0 Å². The summed E-state index contributed by atoms with van der Waals surface area (Å²) >= 11 is 0. The number of ether oxygens (including phenoxy) is 1. The van der Waals surface area contributed by atoms with Gasteiger partial charge in [-0.05, 0) is 36.8 Å². The van der Waals surface area contributed by atoms with Crippen LogP contribution in [0.3, 0.4) is 0 Å². The molecule has 6 nitrogen and oxygen atoms in total. The van der Waals surface area contributed by atoms with Gasteiger partial charge in [0.2, 0.25) is 5.88 Å². The van der Waals surface area contributed by atoms with E-state index in [0.29, 0.717) is 11.6 Å². The molecule has 2 aromatic rings. The maximum absolute atomic E-state index is 11.9. The van der Waals surface area contributed by atoms with Crippen molar-refractivity contribution >= 4 is 11.7 Å². The highest BCUT2D eigenvalue weighted by molar-refractivity contribution is 5.90. The van der Waals surface area contributed by atoms with Crippen molar-refractivity contribution in [2.75, 3.05) is 12.4 Å². The molecule has 0 aromatic carbocycles. The van der Waals surface area contributed by atoms with E-state index < -0.39 is 0 Å². The Balaban J connectivity index is 1.99. The first-order valence-corrected chi connectivity index (χ1v) is 6.17. The van der Waals surface area contributed by atoms with Gasteiger partial charge in [-0.3, -0.25) is 4.98 Å². The maximum Gasteiger partial charge on any atom is 0.319 e. The molecule has 0 spiro atoms. The molecule has 20 heavy (non-hydrogen) atoms. The third-order valence-corrected chi connectivity index (χ3v) is 2.77. The maximum atomic E-state index is 11.9. The number of methoxy groups -OCH3 is 1. The topological polar surface area (TPSA) is 76.1 Å². The molecule has 0 aliphatic heterocycles. The van der Waals surface area contributed by atoms with Gasteiger partial charge in [-0.1, -0.05) is 0 Å². The standard InChI is InChI=1S/C14H16N4O2/c1-10(11-5-8-15-9-6-11)17-14(19)18-12-4-3-7-16-13(12)20-2/h3-10H,1-2H3,(H2,17,18,19). The van der Waals surface area contributed by atoms with E-state index in [1.165, 1.54) is 7.11 Å². The predicted octanol–water partition coefficient (Wildman–Crippen LogP) is 2.37. The molecule has 2 amide bonds. The minimum Gasteiger partial charge on any atom is -0.480 e. The highest BCUT2D eigenvalue weighted by atomic mass is 16.5. The van der Waals surface area contributed by atoms with Gasteiger partial charge in [0.25, 0.3) is 0 Å². The van der Waals surface area contributed by atoms with Gasteiger partial charge in [-0.15, -0.1) is 0 Å². The Kier molecular flexibility index (Phi) is 4.49. The van der Waals surface area contributed by atoms with Gasteiger partial charge in [-0.25, -0.2) is 9.78 Å². The van der Waals surface area contributed by atoms with Crippen molar-refractivity contribution in [2.45, 2.75) is 13.0 Å². The summed E-state index contributed by atoms with van der Waals surface area (Å²) in [5.74, 6) is 0.374. The number of urea groups is 1. The van der Waals surface area contributed by atoms with Crippen LogP contribution in [0.1, 0.15) is 18.5 Å². The minimum absolute atomic E-state index is 0.124. The number of carbonyl (C=O) groups excluding carboxylic acids is 1. The molecule has 0 aliphatic carbocycles. The molecular weight excluding hydrogens is 256 g/mol. The summed E-state index contributed by atoms with van der Waals surface area (Å²) < 4.78 is 5.07. The van der Waals surface area contributed by atoms with Gasteiger partial charge < -0.3 is 15.4 Å². The first-order chi connectivity index (χ1) is 9.70. The molecule has 0 bridgehead atoms. The Morgan fingerprint density at radius 2 is 2.00 bits per heavy atom. The molecule has 2 N–H and O–H groups in total. The molecule has 0 saturated carbocycles. The van der Waals surface area contributed by atoms with Gasteiger partial charge in [0, 0.05) is 18.6 Å². The van der Waals surface area contributed by atoms with E-state index in [4.69, 9.17) is 4.74 Å². The van der Waals surface area contributed by atoms with E-state index in [2.05, 4.69) is 20.6 Å². The van der Waals surface area contributed by atoms with Crippen LogP contribution < -0.4 is 15.4 Å². The average Bonchev–Trinajstić information content (AvgIpc) is 2.48. The van der Waals surface area contributed by atoms with Crippen LogP contribution in [0.2, 0.25) is 0 Å². The lowest BCUT2D eigenvalue weighted by molar-refractivity contribution is 0.249. The third kappa shape index (κ3) is 3.44. The number of aromatic nitrogens is 2. The number of nitrogens with zero attached hydrogens (tertiary/aromatic N) is 2. The van der Waals surface area contributed by atoms with Gasteiger partial charge in [0.15, 0.2) is 0 Å². The number of carbonyl (C=O) groups is 1. The normalized spacial score (nSPS) is 11.5. The van der Waals surface area contributed by atoms with E-state index in [1.807, 2.05) is 19.1 Å². The third-order valence-electron chi connectivity index (χ3n) is 2.77. The lowest BCUT2D eigenvalue weighted by Crippen LogP contribution is -2.31. The van der Waals surface area contributed by atoms with Crippen LogP contribution in [-0.4, -0.2) is 23.1 Å². The van der Waals surface area contributed by atoms with Gasteiger partial charge >= 0.3 is 6.03 Å². The molecule has 6 heteroatoms. The molecule has 0 aliphatic rings. The number of nitrogens with one attached hydrogen (secondary N) is 2. The van der Waals surface area contributed by atoms with E-state index in [-0.39, 0.29) is 12.1 Å². The minimum atomic E-state index is -0.319. The number of amides is 2. The molecule has 2 aromatic heterocycles. The van der Waals surface area contributed by atoms with Crippen LogP contribution in [0.25, 0.3) is 0 Å². The number of anilines is 1. The molecule has 0 fully saturated rings. The molecule has 1 unspecified atom stereocenters. The molecule has 104 valence electrons. The van der Waals surface area contributed by atoms with Crippen LogP contribution in [0.15, 0.2) is 42.9 Å². The van der Waals surface area contributed by atoms with Crippen molar-refractivity contribution in [3.63, 3.8) is 0 Å². The highest BCUT2D eigenvalue weighted by Gasteiger charge is 2.11. The molecule has 2 heterocycles. The van der Waals surface area contributed by atoms with Gasteiger partial charge in [0.05, 0.1) is 13.2 Å². The van der Waals surface area contributed by atoms with Gasteiger partial charge in [0.1, 0.15) is 5.69 Å². The molecule has 0 saturated heterocycles. The Morgan fingerprint density at radius 3 is 2.70 bits per heavy atom. The zero-order valence-corrected chi connectivity index (χ0v) is 11.3. The fraction of sp³-hybridized carbons (Fsp3) is 0.214. The number of hydrogen-bond donors (Lipinski definition) is 2. The lowest BCUT2D eigenvalue weighted by Gasteiger charge is -2.15. The summed E-state index contributed by atoms with van der Waals surface area (Å²) in [5, 5.41) is 5.54. The van der Waals surface area contributed by atoms with Gasteiger partial charge in [-0.2, -0.15) is 0 Å². The zero-order chi connectivity index (χ0) is 14.4. The van der Waals surface area contributed by atoms with Crippen molar-refractivity contribution in [1.82, 2.24) is 15.3 Å². The summed E-state index contributed by atoms with van der Waals surface area (Å²) in [6, 6.07) is 6.72. The second kappa shape index (κ2) is 6.51. The van der Waals surface area contributed by atoms with Crippen LogP contribution in [0.4, 0.5) is 10.5 Å². The average molecular weight is 272 g/mol.